The highest BCUT2D eigenvalue weighted by molar-refractivity contribution is 14.0. The highest BCUT2D eigenvalue weighted by atomic mass is 127. The minimum absolute atomic E-state index is 0. The van der Waals surface area contributed by atoms with E-state index < -0.39 is 10.0 Å². The van der Waals surface area contributed by atoms with Gasteiger partial charge in [0.2, 0.25) is 10.0 Å². The van der Waals surface area contributed by atoms with Crippen LogP contribution in [0.5, 0.6) is 0 Å². The van der Waals surface area contributed by atoms with E-state index >= 15 is 0 Å². The molecule has 0 amide bonds. The number of pyridine rings is 1. The summed E-state index contributed by atoms with van der Waals surface area (Å²) in [6.45, 7) is 6.45. The smallest absolute Gasteiger partial charge is 0.211 e. The third-order valence-electron chi connectivity index (χ3n) is 5.46. The number of aromatic nitrogens is 1. The zero-order valence-corrected chi connectivity index (χ0v) is 21.5. The van der Waals surface area contributed by atoms with Gasteiger partial charge in [-0.05, 0) is 44.2 Å². The van der Waals surface area contributed by atoms with Crippen molar-refractivity contribution in [2.75, 3.05) is 50.4 Å². The fraction of sp³-hybridized carbons (Fsp3) is 0.684. The molecule has 1 aromatic heterocycles. The molecule has 3 heterocycles. The lowest BCUT2D eigenvalue weighted by Gasteiger charge is -2.29. The number of piperidine rings is 1. The number of guanidine groups is 1. The second-order valence-corrected chi connectivity index (χ2v) is 10.1. The van der Waals surface area contributed by atoms with Crippen molar-refractivity contribution in [1.82, 2.24) is 19.9 Å². The number of hydrogen-bond acceptors (Lipinski definition) is 5. The maximum absolute atomic E-state index is 11.6. The predicted octanol–water partition coefficient (Wildman–Crippen LogP) is 2.16. The SMILES string of the molecule is CCNC(=NCC1CCN(S(C)(=O)=O)CC1)NC1CCN(c2ncccc2Cl)C1.I. The minimum Gasteiger partial charge on any atom is -0.357 e. The van der Waals surface area contributed by atoms with Gasteiger partial charge >= 0.3 is 0 Å². The van der Waals surface area contributed by atoms with Gasteiger partial charge in [-0.1, -0.05) is 11.6 Å². The van der Waals surface area contributed by atoms with E-state index in [1.165, 1.54) is 6.26 Å². The molecule has 1 atom stereocenters. The van der Waals surface area contributed by atoms with Crippen molar-refractivity contribution in [3.05, 3.63) is 23.4 Å². The summed E-state index contributed by atoms with van der Waals surface area (Å²) in [4.78, 5) is 11.4. The standard InChI is InChI=1S/C19H31ClN6O2S.HI/c1-3-21-19(23-13-15-6-11-26(12-7-15)29(2,27)28)24-16-8-10-25(14-16)18-17(20)5-4-9-22-18;/h4-5,9,15-16H,3,6-8,10-14H2,1-2H3,(H2,21,23,24);1H. The second-order valence-electron chi connectivity index (χ2n) is 7.71. The lowest BCUT2D eigenvalue weighted by Crippen LogP contribution is -2.45. The minimum atomic E-state index is -3.08. The first kappa shape index (κ1) is 25.4. The van der Waals surface area contributed by atoms with Crippen molar-refractivity contribution in [3.63, 3.8) is 0 Å². The van der Waals surface area contributed by atoms with Gasteiger partial charge in [0.25, 0.3) is 0 Å². The van der Waals surface area contributed by atoms with E-state index in [9.17, 15) is 8.42 Å². The third-order valence-corrected chi connectivity index (χ3v) is 7.06. The molecule has 11 heteroatoms. The Hall–Kier alpha value is -0.850. The first-order valence-corrected chi connectivity index (χ1v) is 12.4. The van der Waals surface area contributed by atoms with Gasteiger partial charge in [0.05, 0.1) is 11.3 Å². The molecule has 170 valence electrons. The van der Waals surface area contributed by atoms with Crippen LogP contribution in [0, 0.1) is 5.92 Å². The number of hydrogen-bond donors (Lipinski definition) is 2. The van der Waals surface area contributed by atoms with Crippen LogP contribution in [0.3, 0.4) is 0 Å². The molecule has 3 rings (SSSR count). The third kappa shape index (κ3) is 7.10. The maximum atomic E-state index is 11.6. The van der Waals surface area contributed by atoms with E-state index in [0.29, 0.717) is 30.6 Å². The zero-order valence-electron chi connectivity index (χ0n) is 17.6. The number of halogens is 2. The van der Waals surface area contributed by atoms with Crippen LogP contribution in [0.2, 0.25) is 5.02 Å². The maximum Gasteiger partial charge on any atom is 0.211 e. The van der Waals surface area contributed by atoms with Crippen molar-refractivity contribution < 1.29 is 8.42 Å². The van der Waals surface area contributed by atoms with Gasteiger partial charge in [-0.25, -0.2) is 17.7 Å². The topological polar surface area (TPSA) is 89.9 Å². The summed E-state index contributed by atoms with van der Waals surface area (Å²) >= 11 is 6.28. The van der Waals surface area contributed by atoms with Gasteiger partial charge < -0.3 is 15.5 Å². The predicted molar refractivity (Wildman–Crippen MR) is 134 cm³/mol. The molecule has 0 saturated carbocycles. The normalized spacial score (nSPS) is 21.4. The molecule has 1 aromatic rings. The lowest BCUT2D eigenvalue weighted by molar-refractivity contribution is 0.280. The molecule has 0 radical (unpaired) electrons. The highest BCUT2D eigenvalue weighted by Crippen LogP contribution is 2.25. The molecule has 0 bridgehead atoms. The molecule has 0 aromatic carbocycles. The van der Waals surface area contributed by atoms with Crippen LogP contribution in [-0.2, 0) is 10.0 Å². The average Bonchev–Trinajstić information content (AvgIpc) is 3.14. The summed E-state index contributed by atoms with van der Waals surface area (Å²) in [6, 6.07) is 3.98. The van der Waals surface area contributed by atoms with Gasteiger partial charge in [0.15, 0.2) is 5.96 Å². The van der Waals surface area contributed by atoms with Crippen molar-refractivity contribution in [1.29, 1.82) is 0 Å². The quantitative estimate of drug-likeness (QED) is 0.310. The Kier molecular flexibility index (Phi) is 9.89. The van der Waals surface area contributed by atoms with Gasteiger partial charge in [-0.15, -0.1) is 24.0 Å². The number of nitrogens with one attached hydrogen (secondary N) is 2. The van der Waals surface area contributed by atoms with E-state index in [2.05, 4.69) is 27.4 Å². The summed E-state index contributed by atoms with van der Waals surface area (Å²) in [5.41, 5.74) is 0. The lowest BCUT2D eigenvalue weighted by atomic mass is 9.98. The number of sulfonamides is 1. The molecule has 2 aliphatic heterocycles. The van der Waals surface area contributed by atoms with Crippen LogP contribution in [0.25, 0.3) is 0 Å². The van der Waals surface area contributed by atoms with Crippen LogP contribution >= 0.6 is 35.6 Å². The first-order valence-electron chi connectivity index (χ1n) is 10.2. The summed E-state index contributed by atoms with van der Waals surface area (Å²) in [5, 5.41) is 7.52. The molecule has 1 unspecified atom stereocenters. The van der Waals surface area contributed by atoms with Gasteiger partial charge in [-0.3, -0.25) is 4.99 Å². The van der Waals surface area contributed by atoms with Crippen LogP contribution in [-0.4, -0.2) is 75.2 Å². The largest absolute Gasteiger partial charge is 0.357 e. The Morgan fingerprint density at radius 2 is 2.03 bits per heavy atom. The first-order chi connectivity index (χ1) is 13.9. The molecule has 2 saturated heterocycles. The summed E-state index contributed by atoms with van der Waals surface area (Å²) in [7, 11) is -3.08. The van der Waals surface area contributed by atoms with E-state index in [1.807, 2.05) is 12.1 Å². The van der Waals surface area contributed by atoms with Crippen molar-refractivity contribution in [3.8, 4) is 0 Å². The molecular weight excluding hydrogens is 539 g/mol. The number of rotatable bonds is 6. The summed E-state index contributed by atoms with van der Waals surface area (Å²) < 4.78 is 24.9. The number of nitrogens with zero attached hydrogens (tertiary/aromatic N) is 4. The van der Waals surface area contributed by atoms with Crippen LogP contribution in [0.15, 0.2) is 23.3 Å². The van der Waals surface area contributed by atoms with Crippen molar-refractivity contribution in [2.24, 2.45) is 10.9 Å². The van der Waals surface area contributed by atoms with Crippen LogP contribution in [0.1, 0.15) is 26.2 Å². The Labute approximate surface area is 201 Å². The molecule has 2 aliphatic rings. The van der Waals surface area contributed by atoms with Gasteiger partial charge in [0, 0.05) is 51.5 Å². The molecular formula is C19H32ClIN6O2S. The molecule has 8 nitrogen and oxygen atoms in total. The van der Waals surface area contributed by atoms with E-state index in [-0.39, 0.29) is 30.0 Å². The molecule has 2 N–H and O–H groups in total. The summed E-state index contributed by atoms with van der Waals surface area (Å²) in [6.07, 6.45) is 5.74. The van der Waals surface area contributed by atoms with E-state index in [0.717, 1.165) is 50.7 Å². The Morgan fingerprint density at radius 1 is 1.30 bits per heavy atom. The molecule has 30 heavy (non-hydrogen) atoms. The number of aliphatic imine (C=N–C) groups is 1. The molecule has 0 spiro atoms. The fourth-order valence-corrected chi connectivity index (χ4v) is 4.95. The van der Waals surface area contributed by atoms with Gasteiger partial charge in [0.1, 0.15) is 5.82 Å². The van der Waals surface area contributed by atoms with E-state index in [4.69, 9.17) is 16.6 Å². The molecule has 0 aliphatic carbocycles. The second kappa shape index (κ2) is 11.7. The van der Waals surface area contributed by atoms with E-state index in [1.54, 1.807) is 10.5 Å². The van der Waals surface area contributed by atoms with Crippen molar-refractivity contribution in [2.45, 2.75) is 32.2 Å². The Morgan fingerprint density at radius 3 is 2.67 bits per heavy atom. The van der Waals surface area contributed by atoms with Crippen LogP contribution < -0.4 is 15.5 Å². The van der Waals surface area contributed by atoms with Gasteiger partial charge in [-0.2, -0.15) is 0 Å². The Bertz CT molecular complexity index is 817. The zero-order chi connectivity index (χ0) is 20.9. The average molecular weight is 571 g/mol. The monoisotopic (exact) mass is 570 g/mol. The van der Waals surface area contributed by atoms with Crippen LogP contribution in [0.4, 0.5) is 5.82 Å². The number of anilines is 1. The Balaban J connectivity index is 0.00000320. The van der Waals surface area contributed by atoms with Crippen molar-refractivity contribution >= 4 is 57.4 Å². The molecule has 2 fully saturated rings. The fourth-order valence-electron chi connectivity index (χ4n) is 3.84. The highest BCUT2D eigenvalue weighted by Gasteiger charge is 2.27. The summed E-state index contributed by atoms with van der Waals surface area (Å²) in [5.74, 6) is 2.06.